The van der Waals surface area contributed by atoms with E-state index in [4.69, 9.17) is 110 Å². The highest BCUT2D eigenvalue weighted by Crippen LogP contribution is 2.23. The van der Waals surface area contributed by atoms with Gasteiger partial charge in [-0.1, -0.05) is 43.7 Å². The van der Waals surface area contributed by atoms with Gasteiger partial charge in [-0.25, -0.2) is 0 Å². The van der Waals surface area contributed by atoms with Crippen molar-refractivity contribution in [1.82, 2.24) is 0 Å². The Morgan fingerprint density at radius 2 is 0.429 bits per heavy atom. The third-order valence-electron chi connectivity index (χ3n) is 6.31. The van der Waals surface area contributed by atoms with E-state index in [0.29, 0.717) is 0 Å². The molecule has 0 heterocycles. The molecular weight excluding hydrogens is 406 g/mol. The normalized spacial score (nSPS) is 11.3. The number of anilines is 2. The van der Waals surface area contributed by atoms with Gasteiger partial charge in [-0.15, -0.1) is 32.8 Å². The van der Waals surface area contributed by atoms with Crippen molar-refractivity contribution in [1.29, 1.82) is 0 Å². The van der Waals surface area contributed by atoms with Crippen molar-refractivity contribution in [3.8, 4) is 0 Å². The Morgan fingerprint density at radius 1 is 0.229 bits per heavy atom. The van der Waals surface area contributed by atoms with Crippen LogP contribution in [0.25, 0.3) is 21.5 Å². The molecule has 0 amide bonds. The highest BCUT2D eigenvalue weighted by molar-refractivity contribution is 6.74. The van der Waals surface area contributed by atoms with Gasteiger partial charge in [0.1, 0.15) is 110 Å². The first-order chi connectivity index (χ1) is 16.2. The van der Waals surface area contributed by atoms with E-state index in [1.807, 2.05) is 0 Å². The lowest BCUT2D eigenvalue weighted by Crippen LogP contribution is -2.53. The number of nitrogens with one attached hydrogen (secondary N) is 1. The maximum atomic E-state index is 6.36. The molecule has 0 aliphatic rings. The standard InChI is InChI=1S/C20HB14N/c21-5-1-3(9(25)13(29)11(5)27)19(17(33)15(31)7(1)23)35-20-4-2(8(24)16(32)18(20)34)6(22)12(28)14(30)10(4)26/h35H. The van der Waals surface area contributed by atoms with Crippen LogP contribution in [0.3, 0.4) is 0 Å². The molecule has 0 spiro atoms. The van der Waals surface area contributed by atoms with E-state index < -0.39 is 0 Å². The second kappa shape index (κ2) is 8.89. The molecule has 0 saturated carbocycles. The van der Waals surface area contributed by atoms with Crippen LogP contribution in [-0.2, 0) is 0 Å². The molecule has 4 rings (SSSR count). The second-order valence-corrected chi connectivity index (χ2v) is 8.17. The highest BCUT2D eigenvalue weighted by Gasteiger charge is 2.21. The van der Waals surface area contributed by atoms with Crippen LogP contribution in [0.15, 0.2) is 0 Å². The zero-order valence-corrected chi connectivity index (χ0v) is 18.6. The molecule has 1 N–H and O–H groups in total. The summed E-state index contributed by atoms with van der Waals surface area (Å²) in [5.74, 6) is 0. The molecule has 0 saturated heterocycles. The lowest BCUT2D eigenvalue weighted by Gasteiger charge is -2.29. The predicted octanol–water partition coefficient (Wildman–Crippen LogP) is -11.2. The molecule has 4 aromatic carbocycles. The molecule has 1 nitrogen and oxygen atoms in total. The van der Waals surface area contributed by atoms with Gasteiger partial charge in [-0.3, -0.25) is 0 Å². The second-order valence-electron chi connectivity index (χ2n) is 8.17. The maximum Gasteiger partial charge on any atom is 0.115 e. The smallest absolute Gasteiger partial charge is 0.115 e. The predicted molar refractivity (Wildman–Crippen MR) is 167 cm³/mol. The van der Waals surface area contributed by atoms with Crippen molar-refractivity contribution in [3.05, 3.63) is 0 Å². The average Bonchev–Trinajstić information content (AvgIpc) is 2.83. The molecule has 28 radical (unpaired) electrons. The molecule has 0 fully saturated rings. The monoisotopic (exact) mass is 409 g/mol. The van der Waals surface area contributed by atoms with Gasteiger partial charge in [-0.2, -0.15) is 0 Å². The summed E-state index contributed by atoms with van der Waals surface area (Å²) in [6.07, 6.45) is 0. The quantitative estimate of drug-likeness (QED) is 0.326. The van der Waals surface area contributed by atoms with Gasteiger partial charge in [-0.05, 0) is 21.5 Å². The van der Waals surface area contributed by atoms with E-state index in [0.717, 1.165) is 0 Å². The molecular formula is C20HB14N. The fourth-order valence-corrected chi connectivity index (χ4v) is 4.22. The first kappa shape index (κ1) is 26.2. The number of benzene rings is 4. The van der Waals surface area contributed by atoms with Crippen LogP contribution in [0.1, 0.15) is 0 Å². The number of rotatable bonds is 2. The van der Waals surface area contributed by atoms with Gasteiger partial charge in [0.25, 0.3) is 0 Å². The molecule has 35 heavy (non-hydrogen) atoms. The molecule has 0 unspecified atom stereocenters. The summed E-state index contributed by atoms with van der Waals surface area (Å²) in [6.45, 7) is 0. The van der Waals surface area contributed by atoms with E-state index in [-0.39, 0.29) is 109 Å². The summed E-state index contributed by atoms with van der Waals surface area (Å²) in [7, 11) is 86.9. The van der Waals surface area contributed by atoms with Crippen LogP contribution in [0.2, 0.25) is 0 Å². The maximum absolute atomic E-state index is 6.36. The Balaban J connectivity index is 2.23. The molecule has 0 aliphatic carbocycles. The van der Waals surface area contributed by atoms with Crippen LogP contribution in [0.4, 0.5) is 11.4 Å². The van der Waals surface area contributed by atoms with Crippen LogP contribution in [-0.4, -0.2) is 110 Å². The van der Waals surface area contributed by atoms with Crippen LogP contribution in [0, 0.1) is 0 Å². The van der Waals surface area contributed by atoms with Gasteiger partial charge < -0.3 is 5.32 Å². The van der Waals surface area contributed by atoms with Crippen LogP contribution >= 0.6 is 0 Å². The van der Waals surface area contributed by atoms with Crippen molar-refractivity contribution < 1.29 is 0 Å². The summed E-state index contributed by atoms with van der Waals surface area (Å²) in [4.78, 5) is 0. The summed E-state index contributed by atoms with van der Waals surface area (Å²) >= 11 is 0. The third kappa shape index (κ3) is 3.58. The number of hydrogen-bond acceptors (Lipinski definition) is 1. The molecule has 0 aliphatic heterocycles. The summed E-state index contributed by atoms with van der Waals surface area (Å²) in [5.41, 5.74) is 0.868. The van der Waals surface area contributed by atoms with Crippen LogP contribution in [0.5, 0.6) is 0 Å². The summed E-state index contributed by atoms with van der Waals surface area (Å²) in [5, 5.41) is 4.08. The Morgan fingerprint density at radius 3 is 0.686 bits per heavy atom. The third-order valence-corrected chi connectivity index (χ3v) is 6.31. The van der Waals surface area contributed by atoms with E-state index in [1.54, 1.807) is 0 Å². The van der Waals surface area contributed by atoms with E-state index >= 15 is 0 Å². The van der Waals surface area contributed by atoms with Crippen molar-refractivity contribution >= 4 is 219 Å². The van der Waals surface area contributed by atoms with Crippen LogP contribution < -0.4 is 81.8 Å². The molecule has 15 heteroatoms. The Hall–Kier alpha value is -1.89. The SMILES string of the molecule is [B]c1c([B])c([B])c2c(Nc3c([B])c([B])c([B])c4c([B])c([B])c([B])c([B])c34)c([B])c([B])c([B])c2c1[B]. The largest absolute Gasteiger partial charge is 0.356 e. The summed E-state index contributed by atoms with van der Waals surface area (Å²) < 4.78 is 0. The van der Waals surface area contributed by atoms with Crippen molar-refractivity contribution in [2.45, 2.75) is 0 Å². The number of fused-ring (bicyclic) bond motifs is 2. The first-order valence-corrected chi connectivity index (χ1v) is 10.0. The average molecular weight is 407 g/mol. The van der Waals surface area contributed by atoms with Gasteiger partial charge in [0.15, 0.2) is 0 Å². The van der Waals surface area contributed by atoms with Gasteiger partial charge in [0.2, 0.25) is 0 Å². The lowest BCUT2D eigenvalue weighted by atomic mass is 9.59. The van der Waals surface area contributed by atoms with Gasteiger partial charge >= 0.3 is 0 Å². The molecule has 4 aromatic rings. The highest BCUT2D eigenvalue weighted by atomic mass is 14.9. The Kier molecular flexibility index (Phi) is 6.65. The van der Waals surface area contributed by atoms with E-state index in [2.05, 4.69) is 5.32 Å². The number of hydrogen-bond donors (Lipinski definition) is 1. The summed E-state index contributed by atoms with van der Waals surface area (Å²) in [6, 6.07) is 0. The van der Waals surface area contributed by atoms with E-state index in [9.17, 15) is 0 Å². The van der Waals surface area contributed by atoms with Gasteiger partial charge in [0.05, 0.1) is 0 Å². The van der Waals surface area contributed by atoms with Crippen molar-refractivity contribution in [3.63, 3.8) is 0 Å². The molecule has 0 atom stereocenters. The van der Waals surface area contributed by atoms with Gasteiger partial charge in [0, 0.05) is 11.4 Å². The minimum absolute atomic E-state index is 0.0119. The molecule has 128 valence electrons. The zero-order chi connectivity index (χ0) is 26.3. The molecule has 0 bridgehead atoms. The zero-order valence-electron chi connectivity index (χ0n) is 18.6. The molecule has 0 aromatic heterocycles. The van der Waals surface area contributed by atoms with E-state index in [1.165, 1.54) is 0 Å². The van der Waals surface area contributed by atoms with Crippen molar-refractivity contribution in [2.75, 3.05) is 5.32 Å². The Bertz CT molecular complexity index is 1480. The Labute approximate surface area is 224 Å². The first-order valence-electron chi connectivity index (χ1n) is 10.0. The fourth-order valence-electron chi connectivity index (χ4n) is 4.22. The van der Waals surface area contributed by atoms with Crippen molar-refractivity contribution in [2.24, 2.45) is 0 Å². The lowest BCUT2D eigenvalue weighted by molar-refractivity contribution is 1.72. The minimum atomic E-state index is 0.0119. The fraction of sp³-hybridized carbons (Fsp3) is 0. The minimum Gasteiger partial charge on any atom is -0.356 e. The topological polar surface area (TPSA) is 12.0 Å².